The van der Waals surface area contributed by atoms with Gasteiger partial charge in [-0.3, -0.25) is 4.98 Å². The van der Waals surface area contributed by atoms with E-state index in [2.05, 4.69) is 23.8 Å². The number of aromatic nitrogens is 2. The predicted octanol–water partition coefficient (Wildman–Crippen LogP) is 4.18. The van der Waals surface area contributed by atoms with E-state index in [0.717, 1.165) is 34.7 Å². The molecule has 2 heterocycles. The lowest BCUT2D eigenvalue weighted by molar-refractivity contribution is 0.580. The molecule has 0 radical (unpaired) electrons. The van der Waals surface area contributed by atoms with Crippen molar-refractivity contribution < 1.29 is 4.39 Å². The van der Waals surface area contributed by atoms with Gasteiger partial charge in [-0.1, -0.05) is 31.5 Å². The number of aryl methyl sites for hydroxylation is 1. The van der Waals surface area contributed by atoms with Gasteiger partial charge >= 0.3 is 0 Å². The second-order valence-electron chi connectivity index (χ2n) is 4.60. The van der Waals surface area contributed by atoms with Crippen LogP contribution in [0.15, 0.2) is 30.6 Å². The SMILES string of the molecule is CCc1ccnc(CC(C)c2ccc(F)nc2)c1Cl. The first-order chi connectivity index (χ1) is 9.11. The van der Waals surface area contributed by atoms with Crippen LogP contribution in [0.25, 0.3) is 0 Å². The van der Waals surface area contributed by atoms with E-state index < -0.39 is 5.95 Å². The number of halogens is 2. The minimum absolute atomic E-state index is 0.199. The molecule has 0 saturated carbocycles. The average Bonchev–Trinajstić information content (AvgIpc) is 2.42. The number of hydrogen-bond acceptors (Lipinski definition) is 2. The molecule has 2 aromatic heterocycles. The maximum Gasteiger partial charge on any atom is 0.212 e. The first-order valence-electron chi connectivity index (χ1n) is 6.35. The highest BCUT2D eigenvalue weighted by Crippen LogP contribution is 2.25. The fourth-order valence-electron chi connectivity index (χ4n) is 2.03. The van der Waals surface area contributed by atoms with Crippen molar-refractivity contribution in [2.75, 3.05) is 0 Å². The zero-order valence-electron chi connectivity index (χ0n) is 11.0. The smallest absolute Gasteiger partial charge is 0.212 e. The molecule has 0 aliphatic heterocycles. The van der Waals surface area contributed by atoms with Gasteiger partial charge in [0.15, 0.2) is 0 Å². The molecule has 0 aliphatic rings. The Morgan fingerprint density at radius 3 is 2.68 bits per heavy atom. The quantitative estimate of drug-likeness (QED) is 0.784. The lowest BCUT2D eigenvalue weighted by Gasteiger charge is -2.13. The van der Waals surface area contributed by atoms with E-state index in [1.54, 1.807) is 18.5 Å². The second kappa shape index (κ2) is 6.11. The van der Waals surface area contributed by atoms with Crippen LogP contribution in [0.1, 0.15) is 36.6 Å². The lowest BCUT2D eigenvalue weighted by atomic mass is 9.97. The van der Waals surface area contributed by atoms with Gasteiger partial charge < -0.3 is 0 Å². The molecule has 0 spiro atoms. The van der Waals surface area contributed by atoms with Crippen LogP contribution in [0.4, 0.5) is 4.39 Å². The van der Waals surface area contributed by atoms with Crippen molar-refractivity contribution >= 4 is 11.6 Å². The minimum Gasteiger partial charge on any atom is -0.260 e. The topological polar surface area (TPSA) is 25.8 Å². The van der Waals surface area contributed by atoms with Crippen LogP contribution in [0.3, 0.4) is 0 Å². The fourth-order valence-corrected chi connectivity index (χ4v) is 2.36. The van der Waals surface area contributed by atoms with E-state index in [0.29, 0.717) is 0 Å². The van der Waals surface area contributed by atoms with Crippen LogP contribution < -0.4 is 0 Å². The number of nitrogens with zero attached hydrogens (tertiary/aromatic N) is 2. The molecular formula is C15H16ClFN2. The van der Waals surface area contributed by atoms with E-state index in [1.807, 2.05) is 6.07 Å². The van der Waals surface area contributed by atoms with Gasteiger partial charge in [-0.15, -0.1) is 0 Å². The van der Waals surface area contributed by atoms with E-state index in [9.17, 15) is 4.39 Å². The van der Waals surface area contributed by atoms with Gasteiger partial charge in [-0.2, -0.15) is 4.39 Å². The van der Waals surface area contributed by atoms with Gasteiger partial charge in [0, 0.05) is 12.4 Å². The molecule has 0 N–H and O–H groups in total. The zero-order chi connectivity index (χ0) is 13.8. The molecule has 2 aromatic rings. The maximum absolute atomic E-state index is 12.8. The van der Waals surface area contributed by atoms with Crippen LogP contribution in [-0.2, 0) is 12.8 Å². The van der Waals surface area contributed by atoms with Crippen LogP contribution >= 0.6 is 11.6 Å². The van der Waals surface area contributed by atoms with E-state index in [-0.39, 0.29) is 5.92 Å². The summed E-state index contributed by atoms with van der Waals surface area (Å²) in [5.41, 5.74) is 2.98. The molecule has 4 heteroatoms. The van der Waals surface area contributed by atoms with Gasteiger partial charge in [0.05, 0.1) is 10.7 Å². The van der Waals surface area contributed by atoms with Gasteiger partial charge in [0.25, 0.3) is 0 Å². The van der Waals surface area contributed by atoms with Gasteiger partial charge in [-0.25, -0.2) is 4.98 Å². The lowest BCUT2D eigenvalue weighted by Crippen LogP contribution is -2.03. The first kappa shape index (κ1) is 13.9. The van der Waals surface area contributed by atoms with Crippen molar-refractivity contribution in [1.29, 1.82) is 0 Å². The van der Waals surface area contributed by atoms with Crippen LogP contribution in [0, 0.1) is 5.95 Å². The summed E-state index contributed by atoms with van der Waals surface area (Å²) in [6.07, 6.45) is 4.97. The van der Waals surface area contributed by atoms with Crippen LogP contribution in [0.2, 0.25) is 5.02 Å². The summed E-state index contributed by atoms with van der Waals surface area (Å²) in [4.78, 5) is 8.02. The molecule has 0 saturated heterocycles. The molecule has 0 bridgehead atoms. The molecule has 1 atom stereocenters. The molecule has 0 aliphatic carbocycles. The van der Waals surface area contributed by atoms with Crippen LogP contribution in [-0.4, -0.2) is 9.97 Å². The van der Waals surface area contributed by atoms with Gasteiger partial charge in [0.1, 0.15) is 0 Å². The summed E-state index contributed by atoms with van der Waals surface area (Å²) in [7, 11) is 0. The van der Waals surface area contributed by atoms with Crippen molar-refractivity contribution in [1.82, 2.24) is 9.97 Å². The van der Waals surface area contributed by atoms with Crippen molar-refractivity contribution in [3.05, 3.63) is 58.4 Å². The summed E-state index contributed by atoms with van der Waals surface area (Å²) < 4.78 is 12.8. The Hall–Kier alpha value is -1.48. The third kappa shape index (κ3) is 3.29. The first-order valence-corrected chi connectivity index (χ1v) is 6.73. The summed E-state index contributed by atoms with van der Waals surface area (Å²) in [5.74, 6) is -0.259. The highest BCUT2D eigenvalue weighted by molar-refractivity contribution is 6.32. The Morgan fingerprint density at radius 1 is 1.26 bits per heavy atom. The average molecular weight is 279 g/mol. The third-order valence-electron chi connectivity index (χ3n) is 3.24. The molecule has 2 nitrogen and oxygen atoms in total. The monoisotopic (exact) mass is 278 g/mol. The third-order valence-corrected chi connectivity index (χ3v) is 3.70. The highest BCUT2D eigenvalue weighted by atomic mass is 35.5. The van der Waals surface area contributed by atoms with Crippen molar-refractivity contribution in [2.45, 2.75) is 32.6 Å². The van der Waals surface area contributed by atoms with E-state index in [1.165, 1.54) is 6.07 Å². The standard InChI is InChI=1S/C15H16ClFN2/c1-3-11-6-7-18-13(15(11)16)8-10(2)12-4-5-14(17)19-9-12/h4-7,9-10H,3,8H2,1-2H3. The summed E-state index contributed by atoms with van der Waals surface area (Å²) in [5, 5.41) is 0.743. The molecule has 0 aromatic carbocycles. The Labute approximate surface area is 117 Å². The summed E-state index contributed by atoms with van der Waals surface area (Å²) in [6.45, 7) is 4.13. The summed E-state index contributed by atoms with van der Waals surface area (Å²) >= 11 is 6.33. The van der Waals surface area contributed by atoms with Crippen molar-refractivity contribution in [3.8, 4) is 0 Å². The fraction of sp³-hybridized carbons (Fsp3) is 0.333. The number of hydrogen-bond donors (Lipinski definition) is 0. The normalized spacial score (nSPS) is 12.4. The van der Waals surface area contributed by atoms with Gasteiger partial charge in [-0.05, 0) is 42.0 Å². The maximum atomic E-state index is 12.8. The summed E-state index contributed by atoms with van der Waals surface area (Å²) in [6, 6.07) is 5.07. The zero-order valence-corrected chi connectivity index (χ0v) is 11.8. The van der Waals surface area contributed by atoms with Crippen molar-refractivity contribution in [3.63, 3.8) is 0 Å². The number of pyridine rings is 2. The molecule has 19 heavy (non-hydrogen) atoms. The molecule has 0 amide bonds. The minimum atomic E-state index is -0.458. The van der Waals surface area contributed by atoms with Gasteiger partial charge in [0.2, 0.25) is 5.95 Å². The van der Waals surface area contributed by atoms with Crippen LogP contribution in [0.5, 0.6) is 0 Å². The largest absolute Gasteiger partial charge is 0.260 e. The molecule has 1 unspecified atom stereocenters. The Bertz CT molecular complexity index is 555. The van der Waals surface area contributed by atoms with E-state index in [4.69, 9.17) is 11.6 Å². The Balaban J connectivity index is 2.19. The molecular weight excluding hydrogens is 263 g/mol. The Kier molecular flexibility index (Phi) is 4.48. The second-order valence-corrected chi connectivity index (χ2v) is 4.98. The molecule has 100 valence electrons. The molecule has 2 rings (SSSR count). The molecule has 0 fully saturated rings. The van der Waals surface area contributed by atoms with E-state index >= 15 is 0 Å². The highest BCUT2D eigenvalue weighted by Gasteiger charge is 2.12. The van der Waals surface area contributed by atoms with Crippen molar-refractivity contribution in [2.24, 2.45) is 0 Å². The number of rotatable bonds is 4. The predicted molar refractivity (Wildman–Crippen MR) is 74.9 cm³/mol. The Morgan fingerprint density at radius 2 is 2.05 bits per heavy atom.